The van der Waals surface area contributed by atoms with E-state index in [9.17, 15) is 0 Å². The van der Waals surface area contributed by atoms with E-state index < -0.39 is 0 Å². The van der Waals surface area contributed by atoms with Gasteiger partial charge in [-0.1, -0.05) is 17.9 Å². The zero-order valence-electron chi connectivity index (χ0n) is 4.65. The Hall–Kier alpha value is -0.770. The number of thiol groups is 1. The lowest BCUT2D eigenvalue weighted by atomic mass is 10.3. The molecule has 1 rings (SSSR count). The quantitative estimate of drug-likeness (QED) is 0.596. The number of aromatic amines is 1. The molecular weight excluding hydrogens is 134 g/mol. The number of aromatic nitrogens is 3. The molecule has 0 aliphatic rings. The molecule has 4 heteroatoms. The van der Waals surface area contributed by atoms with Crippen LogP contribution in [0.3, 0.4) is 0 Å². The third-order valence-corrected chi connectivity index (χ3v) is 1.38. The Morgan fingerprint density at radius 3 is 3.11 bits per heavy atom. The fourth-order valence-electron chi connectivity index (χ4n) is 0.453. The summed E-state index contributed by atoms with van der Waals surface area (Å²) in [7, 11) is 0. The van der Waals surface area contributed by atoms with Crippen molar-refractivity contribution < 1.29 is 0 Å². The summed E-state index contributed by atoms with van der Waals surface area (Å²) in [5.74, 6) is 0. The van der Waals surface area contributed by atoms with Crippen LogP contribution < -0.4 is 0 Å². The summed E-state index contributed by atoms with van der Waals surface area (Å²) in [6.45, 7) is 5.19. The van der Waals surface area contributed by atoms with Gasteiger partial charge in [-0.05, 0) is 0 Å². The van der Waals surface area contributed by atoms with Gasteiger partial charge in [-0.3, -0.25) is 5.10 Å². The van der Waals surface area contributed by atoms with Crippen molar-refractivity contribution in [2.75, 3.05) is 0 Å². The monoisotopic (exact) mass is 140 g/mol. The molecule has 0 aliphatic carbocycles. The zero-order valence-corrected chi connectivity index (χ0v) is 5.55. The summed E-state index contributed by atoms with van der Waals surface area (Å²) >= 11 is 4.09. The minimum atomic E-state index is -0.0972. The van der Waals surface area contributed by atoms with Crippen LogP contribution in [0.25, 0.3) is 0 Å². The molecule has 0 saturated heterocycles. The van der Waals surface area contributed by atoms with Crippen LogP contribution in [0.15, 0.2) is 12.3 Å². The molecule has 0 amide bonds. The van der Waals surface area contributed by atoms with Gasteiger partial charge < -0.3 is 0 Å². The van der Waals surface area contributed by atoms with E-state index in [2.05, 4.69) is 28.0 Å². The average molecular weight is 140 g/mol. The molecule has 0 bridgehead atoms. The average Bonchev–Trinajstić information content (AvgIpc) is 2.37. The molecule has 9 heavy (non-hydrogen) atoms. The Bertz CT molecular complexity index is 182. The van der Waals surface area contributed by atoms with Gasteiger partial charge in [0.15, 0.2) is 0 Å². The summed E-state index contributed by atoms with van der Waals surface area (Å²) in [6, 6.07) is 0. The lowest BCUT2D eigenvalue weighted by Crippen LogP contribution is -1.84. The second kappa shape index (κ2) is 2.68. The first-order valence-electron chi connectivity index (χ1n) is 2.43. The van der Waals surface area contributed by atoms with Gasteiger partial charge in [-0.15, -0.1) is 5.10 Å². The smallest absolute Gasteiger partial charge is 0.0737 e. The van der Waals surface area contributed by atoms with Crippen LogP contribution in [-0.2, 0) is 0 Å². The lowest BCUT2D eigenvalue weighted by molar-refractivity contribution is 0.917. The van der Waals surface area contributed by atoms with E-state index in [1.807, 2.05) is 0 Å². The van der Waals surface area contributed by atoms with E-state index >= 15 is 0 Å². The fraction of sp³-hybridized carbons (Fsp3) is 0.200. The summed E-state index contributed by atoms with van der Waals surface area (Å²) in [6.07, 6.45) is 3.04. The standard InChI is InChI=1S/C5H6N3S/c1-2-5(9)4-3-6-8-7-4/h1-3,5,9H,(H,6,7,8). The number of rotatable bonds is 2. The Morgan fingerprint density at radius 1 is 1.89 bits per heavy atom. The van der Waals surface area contributed by atoms with E-state index in [0.29, 0.717) is 0 Å². The van der Waals surface area contributed by atoms with Crippen molar-refractivity contribution in [3.8, 4) is 0 Å². The molecule has 1 unspecified atom stereocenters. The van der Waals surface area contributed by atoms with Crippen LogP contribution in [0.4, 0.5) is 0 Å². The van der Waals surface area contributed by atoms with Gasteiger partial charge in [0.25, 0.3) is 0 Å². The molecule has 1 aromatic heterocycles. The number of H-pyrrole nitrogens is 1. The van der Waals surface area contributed by atoms with Crippen molar-refractivity contribution in [2.24, 2.45) is 0 Å². The van der Waals surface area contributed by atoms with Crippen molar-refractivity contribution in [3.05, 3.63) is 24.5 Å². The van der Waals surface area contributed by atoms with Crippen molar-refractivity contribution in [1.82, 2.24) is 15.4 Å². The fourth-order valence-corrected chi connectivity index (χ4v) is 0.577. The maximum absolute atomic E-state index is 5.19. The van der Waals surface area contributed by atoms with E-state index in [1.54, 1.807) is 6.20 Å². The van der Waals surface area contributed by atoms with Crippen LogP contribution in [0.2, 0.25) is 0 Å². The molecule has 1 heterocycles. The predicted molar refractivity (Wildman–Crippen MR) is 37.0 cm³/mol. The van der Waals surface area contributed by atoms with E-state index in [4.69, 9.17) is 6.58 Å². The van der Waals surface area contributed by atoms with Gasteiger partial charge in [0.05, 0.1) is 17.1 Å². The van der Waals surface area contributed by atoms with Crippen molar-refractivity contribution in [3.63, 3.8) is 0 Å². The molecule has 1 N–H and O–H groups in total. The van der Waals surface area contributed by atoms with Crippen LogP contribution in [0.5, 0.6) is 0 Å². The topological polar surface area (TPSA) is 41.6 Å². The van der Waals surface area contributed by atoms with Crippen molar-refractivity contribution in [1.29, 1.82) is 0 Å². The van der Waals surface area contributed by atoms with E-state index in [0.717, 1.165) is 5.69 Å². The molecule has 0 fully saturated rings. The van der Waals surface area contributed by atoms with Gasteiger partial charge in [0, 0.05) is 0 Å². The maximum atomic E-state index is 5.19. The van der Waals surface area contributed by atoms with Crippen molar-refractivity contribution in [2.45, 2.75) is 5.25 Å². The normalized spacial score (nSPS) is 13.0. The highest BCUT2D eigenvalue weighted by atomic mass is 32.1. The number of nitrogens with one attached hydrogen (secondary N) is 1. The number of hydrogen-bond acceptors (Lipinski definition) is 3. The zero-order chi connectivity index (χ0) is 6.69. The number of hydrogen-bond donors (Lipinski definition) is 2. The Labute approximate surface area is 58.6 Å². The summed E-state index contributed by atoms with van der Waals surface area (Å²) < 4.78 is 0. The van der Waals surface area contributed by atoms with E-state index in [-0.39, 0.29) is 5.25 Å². The first-order chi connectivity index (χ1) is 4.34. The van der Waals surface area contributed by atoms with Gasteiger partial charge in [-0.2, -0.15) is 12.6 Å². The Balaban J connectivity index is 2.76. The molecule has 1 atom stereocenters. The van der Waals surface area contributed by atoms with Crippen LogP contribution in [-0.4, -0.2) is 15.4 Å². The maximum Gasteiger partial charge on any atom is 0.0737 e. The molecular formula is C5H6N3S. The minimum Gasteiger partial charge on any atom is -0.261 e. The predicted octanol–water partition coefficient (Wildman–Crippen LogP) is 0.765. The second-order valence-corrected chi connectivity index (χ2v) is 2.11. The largest absolute Gasteiger partial charge is 0.261 e. The van der Waals surface area contributed by atoms with Crippen LogP contribution >= 0.6 is 12.6 Å². The highest BCUT2D eigenvalue weighted by Gasteiger charge is 2.01. The van der Waals surface area contributed by atoms with Gasteiger partial charge >= 0.3 is 0 Å². The lowest BCUT2D eigenvalue weighted by Gasteiger charge is -1.95. The summed E-state index contributed by atoms with van der Waals surface area (Å²) in [4.78, 5) is 0. The van der Waals surface area contributed by atoms with Gasteiger partial charge in [-0.25, -0.2) is 0 Å². The third-order valence-electron chi connectivity index (χ3n) is 0.935. The molecule has 0 aromatic carbocycles. The highest BCUT2D eigenvalue weighted by molar-refractivity contribution is 7.80. The SMILES string of the molecule is [CH]=CC(S)c1cnn[nH]1. The number of nitrogens with zero attached hydrogens (tertiary/aromatic N) is 2. The molecule has 0 saturated carbocycles. The van der Waals surface area contributed by atoms with Gasteiger partial charge in [0.2, 0.25) is 0 Å². The minimum absolute atomic E-state index is 0.0972. The van der Waals surface area contributed by atoms with Crippen LogP contribution in [0, 0.1) is 6.58 Å². The van der Waals surface area contributed by atoms with E-state index in [1.165, 1.54) is 6.08 Å². The molecule has 0 spiro atoms. The van der Waals surface area contributed by atoms with Gasteiger partial charge in [0.1, 0.15) is 0 Å². The molecule has 3 nitrogen and oxygen atoms in total. The molecule has 1 radical (unpaired) electrons. The third kappa shape index (κ3) is 1.32. The Kier molecular flexibility index (Phi) is 1.89. The van der Waals surface area contributed by atoms with Crippen LogP contribution in [0.1, 0.15) is 10.9 Å². The molecule has 1 aromatic rings. The Morgan fingerprint density at radius 2 is 2.67 bits per heavy atom. The first kappa shape index (κ1) is 6.35. The first-order valence-corrected chi connectivity index (χ1v) is 2.95. The molecule has 47 valence electrons. The second-order valence-electron chi connectivity index (χ2n) is 1.55. The summed E-state index contributed by atoms with van der Waals surface area (Å²) in [5.41, 5.74) is 0.806. The summed E-state index contributed by atoms with van der Waals surface area (Å²) in [5, 5.41) is 9.59. The highest BCUT2D eigenvalue weighted by Crippen LogP contribution is 2.15. The van der Waals surface area contributed by atoms with Crippen molar-refractivity contribution >= 4 is 12.6 Å². The molecule has 0 aliphatic heterocycles.